The van der Waals surface area contributed by atoms with Crippen molar-refractivity contribution < 1.29 is 24.2 Å². The number of carboxylic acids is 1. The largest absolute Gasteiger partial charge is 0.487 e. The van der Waals surface area contributed by atoms with Gasteiger partial charge in [0.2, 0.25) is 0 Å². The number of benzene rings is 3. The second-order valence-electron chi connectivity index (χ2n) is 6.94. The summed E-state index contributed by atoms with van der Waals surface area (Å²) in [6, 6.07) is 21.6. The third-order valence-corrected chi connectivity index (χ3v) is 4.75. The first-order chi connectivity index (χ1) is 15.1. The topological polar surface area (TPSA) is 77.3 Å². The third kappa shape index (κ3) is 6.30. The van der Waals surface area contributed by atoms with Crippen molar-refractivity contribution in [1.82, 2.24) is 0 Å². The fraction of sp³-hybridized carbons (Fsp3) is 0.280. The monoisotopic (exact) mass is 421 g/mol. The van der Waals surface area contributed by atoms with Crippen molar-refractivity contribution in [2.24, 2.45) is 5.16 Å². The lowest BCUT2D eigenvalue weighted by atomic mass is 10.0. The Hall–Kier alpha value is -3.38. The number of ether oxygens (including phenoxy) is 2. The molecule has 3 aromatic rings. The molecule has 3 rings (SSSR count). The molecule has 162 valence electrons. The Morgan fingerprint density at radius 3 is 2.39 bits per heavy atom. The van der Waals surface area contributed by atoms with Gasteiger partial charge in [0, 0.05) is 18.6 Å². The second kappa shape index (κ2) is 11.1. The van der Waals surface area contributed by atoms with Gasteiger partial charge in [0.05, 0.1) is 0 Å². The number of hydrogen-bond donors (Lipinski definition) is 1. The van der Waals surface area contributed by atoms with Crippen molar-refractivity contribution in [3.05, 3.63) is 77.9 Å². The molecule has 0 bridgehead atoms. The molecule has 0 spiro atoms. The van der Waals surface area contributed by atoms with Crippen molar-refractivity contribution in [2.45, 2.75) is 26.4 Å². The minimum absolute atomic E-state index is 0.244. The molecular weight excluding hydrogens is 394 g/mol. The number of fused-ring (bicyclic) bond motifs is 1. The summed E-state index contributed by atoms with van der Waals surface area (Å²) >= 11 is 0. The van der Waals surface area contributed by atoms with Crippen molar-refractivity contribution in [3.8, 4) is 5.75 Å². The van der Waals surface area contributed by atoms with Crippen LogP contribution in [0.3, 0.4) is 0 Å². The molecule has 0 aliphatic heterocycles. The Morgan fingerprint density at radius 1 is 0.968 bits per heavy atom. The summed E-state index contributed by atoms with van der Waals surface area (Å²) < 4.78 is 11.2. The van der Waals surface area contributed by atoms with E-state index in [2.05, 4.69) is 29.4 Å². The highest BCUT2D eigenvalue weighted by atomic mass is 16.6. The highest BCUT2D eigenvalue weighted by molar-refractivity contribution is 6.04. The molecule has 0 aliphatic rings. The highest BCUT2D eigenvalue weighted by Crippen LogP contribution is 2.18. The van der Waals surface area contributed by atoms with Crippen LogP contribution in [0.5, 0.6) is 5.75 Å². The number of nitrogens with zero attached hydrogens (tertiary/aromatic N) is 1. The lowest BCUT2D eigenvalue weighted by Gasteiger charge is -2.13. The zero-order chi connectivity index (χ0) is 22.1. The summed E-state index contributed by atoms with van der Waals surface area (Å²) in [6.07, 6.45) is -0.549. The van der Waals surface area contributed by atoms with Crippen LogP contribution in [0, 0.1) is 0 Å². The molecule has 1 N–H and O–H groups in total. The molecule has 0 saturated heterocycles. The first-order valence-corrected chi connectivity index (χ1v) is 10.3. The summed E-state index contributed by atoms with van der Waals surface area (Å²) in [5.74, 6) is -0.300. The Bertz CT molecular complexity index is 1030. The van der Waals surface area contributed by atoms with Crippen molar-refractivity contribution in [2.75, 3.05) is 19.8 Å². The van der Waals surface area contributed by atoms with Gasteiger partial charge in [0.15, 0.2) is 6.10 Å². The Kier molecular flexibility index (Phi) is 8.01. The molecule has 0 heterocycles. The van der Waals surface area contributed by atoms with E-state index in [0.717, 1.165) is 21.9 Å². The van der Waals surface area contributed by atoms with E-state index in [1.54, 1.807) is 6.92 Å². The number of carboxylic acid groups (broad SMARTS) is 1. The van der Waals surface area contributed by atoms with Crippen LogP contribution in [0.25, 0.3) is 10.8 Å². The summed E-state index contributed by atoms with van der Waals surface area (Å²) in [4.78, 5) is 16.6. The minimum atomic E-state index is -0.964. The number of aliphatic carboxylic acids is 1. The summed E-state index contributed by atoms with van der Waals surface area (Å²) in [5.41, 5.74) is 2.50. The molecule has 0 radical (unpaired) electrons. The predicted octanol–water partition coefficient (Wildman–Crippen LogP) is 4.69. The normalized spacial score (nSPS) is 12.5. The van der Waals surface area contributed by atoms with E-state index in [0.29, 0.717) is 31.1 Å². The first kappa shape index (κ1) is 22.3. The van der Waals surface area contributed by atoms with E-state index in [1.165, 1.54) is 0 Å². The van der Waals surface area contributed by atoms with Crippen LogP contribution < -0.4 is 4.74 Å². The molecule has 1 atom stereocenters. The molecule has 31 heavy (non-hydrogen) atoms. The number of rotatable bonds is 11. The van der Waals surface area contributed by atoms with Gasteiger partial charge < -0.3 is 19.4 Å². The van der Waals surface area contributed by atoms with E-state index in [1.807, 2.05) is 49.4 Å². The molecule has 0 amide bonds. The zero-order valence-corrected chi connectivity index (χ0v) is 17.8. The fourth-order valence-electron chi connectivity index (χ4n) is 3.18. The van der Waals surface area contributed by atoms with Crippen LogP contribution in [0.2, 0.25) is 0 Å². The SMILES string of the molecule is CCON=C(COc1ccc(CC(OCC)C(=O)O)cc1)c1ccc2ccccc2c1. The van der Waals surface area contributed by atoms with Gasteiger partial charge in [-0.1, -0.05) is 53.7 Å². The van der Waals surface area contributed by atoms with Gasteiger partial charge in [-0.2, -0.15) is 0 Å². The Morgan fingerprint density at radius 2 is 1.71 bits per heavy atom. The third-order valence-electron chi connectivity index (χ3n) is 4.75. The number of carbonyl (C=O) groups is 1. The fourth-order valence-corrected chi connectivity index (χ4v) is 3.18. The summed E-state index contributed by atoms with van der Waals surface area (Å²) in [7, 11) is 0. The smallest absolute Gasteiger partial charge is 0.333 e. The average molecular weight is 421 g/mol. The second-order valence-corrected chi connectivity index (χ2v) is 6.94. The molecule has 1 unspecified atom stereocenters. The lowest BCUT2D eigenvalue weighted by molar-refractivity contribution is -0.149. The van der Waals surface area contributed by atoms with E-state index < -0.39 is 12.1 Å². The maximum absolute atomic E-state index is 11.3. The van der Waals surface area contributed by atoms with Crippen LogP contribution in [0.1, 0.15) is 25.0 Å². The maximum atomic E-state index is 11.3. The molecule has 6 nitrogen and oxygen atoms in total. The number of hydrogen-bond acceptors (Lipinski definition) is 5. The van der Waals surface area contributed by atoms with E-state index >= 15 is 0 Å². The standard InChI is InChI=1S/C25H27NO5/c1-3-29-24(25(27)28)15-18-9-13-22(14-10-18)30-17-23(26-31-4-2)21-12-11-19-7-5-6-8-20(19)16-21/h5-14,16,24H,3-4,15,17H2,1-2H3,(H,27,28). The van der Waals surface area contributed by atoms with Gasteiger partial charge in [0.25, 0.3) is 0 Å². The van der Waals surface area contributed by atoms with Crippen LogP contribution in [0.15, 0.2) is 71.9 Å². The van der Waals surface area contributed by atoms with Crippen molar-refractivity contribution in [3.63, 3.8) is 0 Å². The molecule has 0 aliphatic carbocycles. The minimum Gasteiger partial charge on any atom is -0.487 e. The molecular formula is C25H27NO5. The lowest BCUT2D eigenvalue weighted by Crippen LogP contribution is -2.26. The van der Waals surface area contributed by atoms with Crippen molar-refractivity contribution in [1.29, 1.82) is 0 Å². The molecule has 0 saturated carbocycles. The van der Waals surface area contributed by atoms with E-state index in [9.17, 15) is 9.90 Å². The summed E-state index contributed by atoms with van der Waals surface area (Å²) in [6.45, 7) is 4.73. The zero-order valence-electron chi connectivity index (χ0n) is 17.8. The average Bonchev–Trinajstić information content (AvgIpc) is 2.79. The first-order valence-electron chi connectivity index (χ1n) is 10.3. The highest BCUT2D eigenvalue weighted by Gasteiger charge is 2.18. The van der Waals surface area contributed by atoms with Gasteiger partial charge in [-0.05, 0) is 48.4 Å². The van der Waals surface area contributed by atoms with E-state index in [-0.39, 0.29) is 6.61 Å². The van der Waals surface area contributed by atoms with E-state index in [4.69, 9.17) is 14.3 Å². The predicted molar refractivity (Wildman–Crippen MR) is 121 cm³/mol. The van der Waals surface area contributed by atoms with Gasteiger partial charge in [0.1, 0.15) is 24.7 Å². The van der Waals surface area contributed by atoms with Crippen LogP contribution in [-0.4, -0.2) is 42.7 Å². The van der Waals surface area contributed by atoms with Crippen LogP contribution in [0.4, 0.5) is 0 Å². The van der Waals surface area contributed by atoms with Gasteiger partial charge in [-0.3, -0.25) is 0 Å². The van der Waals surface area contributed by atoms with Crippen LogP contribution in [-0.2, 0) is 20.8 Å². The van der Waals surface area contributed by atoms with Crippen LogP contribution >= 0.6 is 0 Å². The Balaban J connectivity index is 1.69. The quantitative estimate of drug-likeness (QED) is 0.359. The number of oxime groups is 1. The molecule has 3 aromatic carbocycles. The van der Waals surface area contributed by atoms with Crippen molar-refractivity contribution >= 4 is 22.5 Å². The molecule has 0 fully saturated rings. The van der Waals surface area contributed by atoms with Gasteiger partial charge in [-0.25, -0.2) is 4.79 Å². The Labute approximate surface area is 182 Å². The maximum Gasteiger partial charge on any atom is 0.333 e. The molecule has 0 aromatic heterocycles. The van der Waals surface area contributed by atoms with Gasteiger partial charge >= 0.3 is 5.97 Å². The molecule has 6 heteroatoms. The van der Waals surface area contributed by atoms with Gasteiger partial charge in [-0.15, -0.1) is 0 Å². The summed E-state index contributed by atoms with van der Waals surface area (Å²) in [5, 5.41) is 15.8.